The van der Waals surface area contributed by atoms with Crippen LogP contribution in [0.1, 0.15) is 19.8 Å². The molecule has 0 amide bonds. The zero-order chi connectivity index (χ0) is 9.97. The predicted molar refractivity (Wildman–Crippen MR) is 59.4 cm³/mol. The quantitative estimate of drug-likeness (QED) is 0.783. The van der Waals surface area contributed by atoms with Gasteiger partial charge in [-0.2, -0.15) is 0 Å². The molecule has 0 aliphatic carbocycles. The van der Waals surface area contributed by atoms with Gasteiger partial charge in [0.15, 0.2) is 3.95 Å². The van der Waals surface area contributed by atoms with Crippen LogP contribution in [-0.4, -0.2) is 29.0 Å². The molecule has 2 unspecified atom stereocenters. The SMILES string of the molecule is CC1CCC(CNc2n[nH]c(=S)s2)O1. The third-order valence-corrected chi connectivity index (χ3v) is 3.29. The highest BCUT2D eigenvalue weighted by Crippen LogP contribution is 2.20. The van der Waals surface area contributed by atoms with Gasteiger partial charge < -0.3 is 10.1 Å². The molecule has 4 nitrogen and oxygen atoms in total. The summed E-state index contributed by atoms with van der Waals surface area (Å²) >= 11 is 6.38. The maximum absolute atomic E-state index is 5.67. The fraction of sp³-hybridized carbons (Fsp3) is 0.750. The molecule has 1 fully saturated rings. The highest BCUT2D eigenvalue weighted by Gasteiger charge is 2.21. The third kappa shape index (κ3) is 2.52. The van der Waals surface area contributed by atoms with Crippen LogP contribution in [0.15, 0.2) is 0 Å². The highest BCUT2D eigenvalue weighted by atomic mass is 32.1. The lowest BCUT2D eigenvalue weighted by Gasteiger charge is -2.10. The van der Waals surface area contributed by atoms with E-state index in [1.165, 1.54) is 11.3 Å². The summed E-state index contributed by atoms with van der Waals surface area (Å²) in [7, 11) is 0. The van der Waals surface area contributed by atoms with Gasteiger partial charge in [0.1, 0.15) is 0 Å². The minimum Gasteiger partial charge on any atom is -0.373 e. The fourth-order valence-corrected chi connectivity index (χ4v) is 2.34. The molecule has 1 aromatic heterocycles. The Hall–Kier alpha value is -0.460. The van der Waals surface area contributed by atoms with Crippen molar-refractivity contribution in [2.24, 2.45) is 0 Å². The van der Waals surface area contributed by atoms with Gasteiger partial charge >= 0.3 is 0 Å². The summed E-state index contributed by atoms with van der Waals surface area (Å²) in [4.78, 5) is 0. The predicted octanol–water partition coefficient (Wildman–Crippen LogP) is 2.18. The van der Waals surface area contributed by atoms with Crippen LogP contribution in [0.3, 0.4) is 0 Å². The second-order valence-electron chi connectivity index (χ2n) is 3.45. The van der Waals surface area contributed by atoms with E-state index in [0.717, 1.165) is 24.5 Å². The van der Waals surface area contributed by atoms with Crippen molar-refractivity contribution in [1.29, 1.82) is 0 Å². The lowest BCUT2D eigenvalue weighted by atomic mass is 10.2. The molecule has 0 aromatic carbocycles. The molecule has 1 saturated heterocycles. The van der Waals surface area contributed by atoms with E-state index >= 15 is 0 Å². The number of nitrogens with one attached hydrogen (secondary N) is 2. The zero-order valence-electron chi connectivity index (χ0n) is 7.95. The number of rotatable bonds is 3. The molecule has 1 aliphatic heterocycles. The van der Waals surface area contributed by atoms with Crippen molar-refractivity contribution >= 4 is 28.7 Å². The van der Waals surface area contributed by atoms with E-state index in [4.69, 9.17) is 17.0 Å². The van der Waals surface area contributed by atoms with E-state index in [0.29, 0.717) is 16.2 Å². The van der Waals surface area contributed by atoms with Crippen LogP contribution in [-0.2, 0) is 4.74 Å². The molecule has 1 aromatic rings. The first kappa shape index (κ1) is 10.1. The van der Waals surface area contributed by atoms with Gasteiger partial charge in [0.25, 0.3) is 0 Å². The van der Waals surface area contributed by atoms with Crippen molar-refractivity contribution in [2.75, 3.05) is 11.9 Å². The Morgan fingerprint density at radius 1 is 1.71 bits per heavy atom. The van der Waals surface area contributed by atoms with E-state index < -0.39 is 0 Å². The van der Waals surface area contributed by atoms with Crippen molar-refractivity contribution in [3.63, 3.8) is 0 Å². The molecule has 14 heavy (non-hydrogen) atoms. The maximum Gasteiger partial charge on any atom is 0.204 e. The molecule has 0 saturated carbocycles. The standard InChI is InChI=1S/C8H13N3OS2/c1-5-2-3-6(12-5)4-9-7-10-11-8(13)14-7/h5-6H,2-4H2,1H3,(H,9,10)(H,11,13). The monoisotopic (exact) mass is 231 g/mol. The molecule has 78 valence electrons. The normalized spacial score (nSPS) is 26.6. The number of ether oxygens (including phenoxy) is 1. The first-order valence-corrected chi connectivity index (χ1v) is 5.91. The average molecular weight is 231 g/mol. The number of aromatic nitrogens is 2. The molecule has 0 radical (unpaired) electrons. The summed E-state index contributed by atoms with van der Waals surface area (Å²) in [6, 6.07) is 0. The van der Waals surface area contributed by atoms with Crippen LogP contribution < -0.4 is 5.32 Å². The van der Waals surface area contributed by atoms with Gasteiger partial charge in [-0.3, -0.25) is 5.10 Å². The van der Waals surface area contributed by atoms with Crippen LogP contribution in [0, 0.1) is 3.95 Å². The van der Waals surface area contributed by atoms with Crippen LogP contribution in [0.5, 0.6) is 0 Å². The van der Waals surface area contributed by atoms with Crippen LogP contribution in [0.4, 0.5) is 5.13 Å². The Bertz CT molecular complexity index is 348. The number of hydrogen-bond acceptors (Lipinski definition) is 5. The summed E-state index contributed by atoms with van der Waals surface area (Å²) in [6.07, 6.45) is 3.01. The Morgan fingerprint density at radius 3 is 3.14 bits per heavy atom. The maximum atomic E-state index is 5.67. The molecule has 0 bridgehead atoms. The summed E-state index contributed by atoms with van der Waals surface area (Å²) in [5.74, 6) is 0. The van der Waals surface area contributed by atoms with Crippen molar-refractivity contribution < 1.29 is 4.74 Å². The third-order valence-electron chi connectivity index (χ3n) is 2.24. The summed E-state index contributed by atoms with van der Waals surface area (Å²) in [5, 5.41) is 10.8. The Labute approximate surface area is 91.7 Å². The average Bonchev–Trinajstić information content (AvgIpc) is 2.72. The lowest BCUT2D eigenvalue weighted by Crippen LogP contribution is -2.19. The second-order valence-corrected chi connectivity index (χ2v) is 5.11. The Balaban J connectivity index is 1.80. The number of hydrogen-bond donors (Lipinski definition) is 2. The molecule has 2 rings (SSSR count). The van der Waals surface area contributed by atoms with Gasteiger partial charge in [-0.1, -0.05) is 11.3 Å². The highest BCUT2D eigenvalue weighted by molar-refractivity contribution is 7.73. The number of nitrogens with zero attached hydrogens (tertiary/aromatic N) is 1. The zero-order valence-corrected chi connectivity index (χ0v) is 9.58. The molecule has 2 heterocycles. The first-order valence-electron chi connectivity index (χ1n) is 4.69. The van der Waals surface area contributed by atoms with Crippen molar-refractivity contribution in [2.45, 2.75) is 32.0 Å². The van der Waals surface area contributed by atoms with E-state index in [9.17, 15) is 0 Å². The summed E-state index contributed by atoms with van der Waals surface area (Å²) in [5.41, 5.74) is 0. The molecular weight excluding hydrogens is 218 g/mol. The van der Waals surface area contributed by atoms with Crippen molar-refractivity contribution in [1.82, 2.24) is 10.2 Å². The second kappa shape index (κ2) is 4.37. The van der Waals surface area contributed by atoms with Gasteiger partial charge in [-0.05, 0) is 32.0 Å². The van der Waals surface area contributed by atoms with E-state index in [2.05, 4.69) is 22.4 Å². The molecule has 6 heteroatoms. The first-order chi connectivity index (χ1) is 6.74. The topological polar surface area (TPSA) is 49.9 Å². The van der Waals surface area contributed by atoms with Gasteiger partial charge in [0.2, 0.25) is 5.13 Å². The number of anilines is 1. The van der Waals surface area contributed by atoms with Gasteiger partial charge in [-0.25, -0.2) is 0 Å². The summed E-state index contributed by atoms with van der Waals surface area (Å²) < 4.78 is 6.37. The number of aromatic amines is 1. The molecule has 0 spiro atoms. The van der Waals surface area contributed by atoms with Gasteiger partial charge in [0, 0.05) is 6.54 Å². The minimum atomic E-state index is 0.322. The number of H-pyrrole nitrogens is 1. The van der Waals surface area contributed by atoms with Gasteiger partial charge in [0.05, 0.1) is 12.2 Å². The van der Waals surface area contributed by atoms with Crippen molar-refractivity contribution in [3.8, 4) is 0 Å². The van der Waals surface area contributed by atoms with Crippen LogP contribution in [0.2, 0.25) is 0 Å². The summed E-state index contributed by atoms with van der Waals surface area (Å²) in [6.45, 7) is 2.93. The fourth-order valence-electron chi connectivity index (χ4n) is 1.54. The minimum absolute atomic E-state index is 0.322. The molecule has 1 aliphatic rings. The van der Waals surface area contributed by atoms with Crippen LogP contribution in [0.25, 0.3) is 0 Å². The lowest BCUT2D eigenvalue weighted by molar-refractivity contribution is 0.0637. The van der Waals surface area contributed by atoms with Crippen LogP contribution >= 0.6 is 23.6 Å². The van der Waals surface area contributed by atoms with E-state index in [1.807, 2.05) is 0 Å². The molecule has 2 N–H and O–H groups in total. The van der Waals surface area contributed by atoms with E-state index in [1.54, 1.807) is 0 Å². The molecular formula is C8H13N3OS2. The largest absolute Gasteiger partial charge is 0.373 e. The molecule has 2 atom stereocenters. The van der Waals surface area contributed by atoms with E-state index in [-0.39, 0.29) is 0 Å². The van der Waals surface area contributed by atoms with Gasteiger partial charge in [-0.15, -0.1) is 5.10 Å². The van der Waals surface area contributed by atoms with Crippen molar-refractivity contribution in [3.05, 3.63) is 3.95 Å². The Kier molecular flexibility index (Phi) is 3.15. The Morgan fingerprint density at radius 2 is 2.57 bits per heavy atom. The smallest absolute Gasteiger partial charge is 0.204 e.